The summed E-state index contributed by atoms with van der Waals surface area (Å²) >= 11 is 0. The van der Waals surface area contributed by atoms with Crippen molar-refractivity contribution in [2.45, 2.75) is 31.7 Å². The van der Waals surface area contributed by atoms with Gasteiger partial charge in [-0.05, 0) is 37.5 Å². The van der Waals surface area contributed by atoms with Crippen molar-refractivity contribution >= 4 is 0 Å². The van der Waals surface area contributed by atoms with E-state index < -0.39 is 0 Å². The predicted molar refractivity (Wildman–Crippen MR) is 67.1 cm³/mol. The molecule has 2 heterocycles. The SMILES string of the molecule is OCCCC[C@@H]1CO[C@H](c2ccc3c(c2)OCO3)O1. The van der Waals surface area contributed by atoms with Gasteiger partial charge in [0.15, 0.2) is 17.8 Å². The summed E-state index contributed by atoms with van der Waals surface area (Å²) in [4.78, 5) is 0. The van der Waals surface area contributed by atoms with Crippen molar-refractivity contribution in [3.05, 3.63) is 23.8 Å². The van der Waals surface area contributed by atoms with Gasteiger partial charge in [-0.3, -0.25) is 0 Å². The van der Waals surface area contributed by atoms with Gasteiger partial charge in [0, 0.05) is 12.2 Å². The molecule has 2 aliphatic rings. The van der Waals surface area contributed by atoms with Gasteiger partial charge in [0.05, 0.1) is 12.7 Å². The van der Waals surface area contributed by atoms with Gasteiger partial charge >= 0.3 is 0 Å². The standard InChI is InChI=1S/C14H18O5/c15-6-2-1-3-11-8-16-14(19-11)10-4-5-12-13(7-10)18-9-17-12/h4-5,7,11,14-15H,1-3,6,8-9H2/t11-,14+/m1/s1. The Bertz CT molecular complexity index is 434. The van der Waals surface area contributed by atoms with Crippen LogP contribution in [0.25, 0.3) is 0 Å². The van der Waals surface area contributed by atoms with Gasteiger partial charge in [0.2, 0.25) is 6.79 Å². The van der Waals surface area contributed by atoms with Crippen molar-refractivity contribution in [1.82, 2.24) is 0 Å². The average molecular weight is 266 g/mol. The lowest BCUT2D eigenvalue weighted by atomic mass is 10.1. The Balaban J connectivity index is 1.58. The first-order valence-corrected chi connectivity index (χ1v) is 6.64. The van der Waals surface area contributed by atoms with Gasteiger partial charge < -0.3 is 24.1 Å². The summed E-state index contributed by atoms with van der Waals surface area (Å²) in [6.07, 6.45) is 2.48. The van der Waals surface area contributed by atoms with Gasteiger partial charge in [0.1, 0.15) is 0 Å². The molecule has 0 unspecified atom stereocenters. The van der Waals surface area contributed by atoms with Crippen LogP contribution in [0.4, 0.5) is 0 Å². The number of hydrogen-bond donors (Lipinski definition) is 1. The Kier molecular flexibility index (Phi) is 3.87. The molecule has 0 spiro atoms. The average Bonchev–Trinajstić information content (AvgIpc) is 3.06. The number of aliphatic hydroxyl groups is 1. The molecule has 104 valence electrons. The molecule has 2 aliphatic heterocycles. The van der Waals surface area contributed by atoms with Crippen LogP contribution in [-0.4, -0.2) is 31.2 Å². The van der Waals surface area contributed by atoms with E-state index in [1.165, 1.54) is 0 Å². The van der Waals surface area contributed by atoms with Crippen LogP contribution in [0.1, 0.15) is 31.1 Å². The third-order valence-corrected chi connectivity index (χ3v) is 3.35. The number of ether oxygens (including phenoxy) is 4. The Morgan fingerprint density at radius 2 is 2.05 bits per heavy atom. The third kappa shape index (κ3) is 2.83. The van der Waals surface area contributed by atoms with Crippen molar-refractivity contribution < 1.29 is 24.1 Å². The number of fused-ring (bicyclic) bond motifs is 1. The molecular weight excluding hydrogens is 248 g/mol. The van der Waals surface area contributed by atoms with E-state index in [9.17, 15) is 0 Å². The minimum Gasteiger partial charge on any atom is -0.454 e. The Labute approximate surface area is 112 Å². The van der Waals surface area contributed by atoms with Crippen LogP contribution in [0.5, 0.6) is 11.5 Å². The highest BCUT2D eigenvalue weighted by Crippen LogP contribution is 2.37. The van der Waals surface area contributed by atoms with E-state index in [2.05, 4.69) is 0 Å². The van der Waals surface area contributed by atoms with Crippen molar-refractivity contribution in [3.63, 3.8) is 0 Å². The zero-order valence-corrected chi connectivity index (χ0v) is 10.7. The van der Waals surface area contributed by atoms with Gasteiger partial charge in [-0.25, -0.2) is 0 Å². The Morgan fingerprint density at radius 1 is 1.16 bits per heavy atom. The zero-order valence-electron chi connectivity index (χ0n) is 10.7. The molecular formula is C14H18O5. The fourth-order valence-corrected chi connectivity index (χ4v) is 2.32. The van der Waals surface area contributed by atoms with Gasteiger partial charge in [-0.1, -0.05) is 0 Å². The molecule has 1 aromatic rings. The molecule has 0 amide bonds. The number of rotatable bonds is 5. The molecule has 1 saturated heterocycles. The molecule has 5 nitrogen and oxygen atoms in total. The van der Waals surface area contributed by atoms with E-state index in [1.54, 1.807) is 0 Å². The second kappa shape index (κ2) is 5.77. The molecule has 5 heteroatoms. The molecule has 0 aromatic heterocycles. The van der Waals surface area contributed by atoms with Crippen LogP contribution in [0.2, 0.25) is 0 Å². The summed E-state index contributed by atoms with van der Waals surface area (Å²) in [5.41, 5.74) is 0.953. The van der Waals surface area contributed by atoms with Crippen molar-refractivity contribution in [2.24, 2.45) is 0 Å². The van der Waals surface area contributed by atoms with E-state index in [0.717, 1.165) is 36.3 Å². The summed E-state index contributed by atoms with van der Waals surface area (Å²) in [5.74, 6) is 1.51. The maximum absolute atomic E-state index is 8.76. The smallest absolute Gasteiger partial charge is 0.231 e. The molecule has 0 aliphatic carbocycles. The van der Waals surface area contributed by atoms with E-state index in [-0.39, 0.29) is 25.8 Å². The molecule has 1 aromatic carbocycles. The predicted octanol–water partition coefficient (Wildman–Crippen LogP) is 1.99. The first kappa shape index (κ1) is 12.7. The molecule has 19 heavy (non-hydrogen) atoms. The summed E-state index contributed by atoms with van der Waals surface area (Å²) in [6, 6.07) is 5.72. The second-order valence-corrected chi connectivity index (χ2v) is 4.76. The van der Waals surface area contributed by atoms with E-state index >= 15 is 0 Å². The lowest BCUT2D eigenvalue weighted by molar-refractivity contribution is -0.0615. The number of benzene rings is 1. The number of unbranched alkanes of at least 4 members (excludes halogenated alkanes) is 1. The minimum absolute atomic E-state index is 0.113. The minimum atomic E-state index is -0.325. The topological polar surface area (TPSA) is 57.2 Å². The first-order valence-electron chi connectivity index (χ1n) is 6.64. The molecule has 0 saturated carbocycles. The zero-order chi connectivity index (χ0) is 13.1. The van der Waals surface area contributed by atoms with Crippen LogP contribution >= 0.6 is 0 Å². The maximum atomic E-state index is 8.76. The second-order valence-electron chi connectivity index (χ2n) is 4.76. The maximum Gasteiger partial charge on any atom is 0.231 e. The molecule has 3 rings (SSSR count). The normalized spacial score (nSPS) is 24.9. The summed E-state index contributed by atoms with van der Waals surface area (Å²) in [7, 11) is 0. The molecule has 1 fully saturated rings. The van der Waals surface area contributed by atoms with Crippen molar-refractivity contribution in [3.8, 4) is 11.5 Å². The summed E-state index contributed by atoms with van der Waals surface area (Å²) < 4.78 is 22.1. The van der Waals surface area contributed by atoms with Crippen LogP contribution in [0.3, 0.4) is 0 Å². The quantitative estimate of drug-likeness (QED) is 0.826. The monoisotopic (exact) mass is 266 g/mol. The van der Waals surface area contributed by atoms with Crippen molar-refractivity contribution in [2.75, 3.05) is 20.0 Å². The summed E-state index contributed by atoms with van der Waals surface area (Å²) in [5, 5.41) is 8.76. The fraction of sp³-hybridized carbons (Fsp3) is 0.571. The Morgan fingerprint density at radius 3 is 2.95 bits per heavy atom. The number of hydrogen-bond acceptors (Lipinski definition) is 5. The first-order chi connectivity index (χ1) is 9.36. The highest BCUT2D eigenvalue weighted by molar-refractivity contribution is 5.44. The number of aliphatic hydroxyl groups excluding tert-OH is 1. The van der Waals surface area contributed by atoms with E-state index in [0.29, 0.717) is 6.61 Å². The lowest BCUT2D eigenvalue weighted by Gasteiger charge is -2.12. The van der Waals surface area contributed by atoms with Gasteiger partial charge in [0.25, 0.3) is 0 Å². The van der Waals surface area contributed by atoms with Crippen LogP contribution in [-0.2, 0) is 9.47 Å². The lowest BCUT2D eigenvalue weighted by Crippen LogP contribution is -2.09. The van der Waals surface area contributed by atoms with E-state index in [1.807, 2.05) is 18.2 Å². The fourth-order valence-electron chi connectivity index (χ4n) is 2.32. The Hall–Kier alpha value is -1.30. The molecule has 1 N–H and O–H groups in total. The molecule has 0 bridgehead atoms. The van der Waals surface area contributed by atoms with Crippen LogP contribution in [0, 0.1) is 0 Å². The largest absolute Gasteiger partial charge is 0.454 e. The van der Waals surface area contributed by atoms with Crippen molar-refractivity contribution in [1.29, 1.82) is 0 Å². The molecule has 2 atom stereocenters. The van der Waals surface area contributed by atoms with Crippen LogP contribution in [0.15, 0.2) is 18.2 Å². The highest BCUT2D eigenvalue weighted by Gasteiger charge is 2.28. The van der Waals surface area contributed by atoms with Crippen LogP contribution < -0.4 is 9.47 Å². The van der Waals surface area contributed by atoms with Gasteiger partial charge in [-0.2, -0.15) is 0 Å². The van der Waals surface area contributed by atoms with Gasteiger partial charge in [-0.15, -0.1) is 0 Å². The third-order valence-electron chi connectivity index (χ3n) is 3.35. The summed E-state index contributed by atoms with van der Waals surface area (Å²) in [6.45, 7) is 1.11. The van der Waals surface area contributed by atoms with E-state index in [4.69, 9.17) is 24.1 Å². The highest BCUT2D eigenvalue weighted by atomic mass is 16.7. The molecule has 0 radical (unpaired) electrons.